The summed E-state index contributed by atoms with van der Waals surface area (Å²) in [5.41, 5.74) is -0.495. The van der Waals surface area contributed by atoms with E-state index in [1.165, 1.54) is 0 Å². The number of hydrogen-bond donors (Lipinski definition) is 2. The van der Waals surface area contributed by atoms with E-state index in [4.69, 9.17) is 4.74 Å². The second-order valence-corrected chi connectivity index (χ2v) is 6.36. The van der Waals surface area contributed by atoms with E-state index in [1.54, 1.807) is 4.90 Å². The van der Waals surface area contributed by atoms with E-state index >= 15 is 0 Å². The second kappa shape index (κ2) is 5.89. The first-order chi connectivity index (χ1) is 8.19. The van der Waals surface area contributed by atoms with E-state index < -0.39 is 11.7 Å². The van der Waals surface area contributed by atoms with Gasteiger partial charge in [-0.3, -0.25) is 0 Å². The summed E-state index contributed by atoms with van der Waals surface area (Å²) in [5, 5.41) is 13.2. The third kappa shape index (κ3) is 4.82. The van der Waals surface area contributed by atoms with Gasteiger partial charge in [0.15, 0.2) is 0 Å². The lowest BCUT2D eigenvalue weighted by Gasteiger charge is -2.24. The van der Waals surface area contributed by atoms with Gasteiger partial charge in [-0.2, -0.15) is 0 Å². The Hall–Kier alpha value is -0.810. The van der Waals surface area contributed by atoms with Crippen molar-refractivity contribution in [3.8, 4) is 0 Å². The predicted octanol–water partition coefficient (Wildman–Crippen LogP) is 1.21. The van der Waals surface area contributed by atoms with Gasteiger partial charge in [0, 0.05) is 6.54 Å². The molecule has 0 aromatic heterocycles. The lowest BCUT2D eigenvalue weighted by Crippen LogP contribution is -2.41. The zero-order chi connectivity index (χ0) is 13.9. The van der Waals surface area contributed by atoms with E-state index in [-0.39, 0.29) is 12.1 Å². The Labute approximate surface area is 109 Å². The molecule has 0 aromatic rings. The number of nitrogens with zero attached hydrogens (tertiary/aromatic N) is 1. The standard InChI is InChI=1S/C13H26N2O3/c1-9(2)6-14-10-7-15(8-11(10)16)12(17)18-13(3,4)5/h9-11,14,16H,6-8H2,1-5H3/t10-,11-/m1/s1. The second-order valence-electron chi connectivity index (χ2n) is 6.36. The van der Waals surface area contributed by atoms with Crippen molar-refractivity contribution < 1.29 is 14.6 Å². The minimum absolute atomic E-state index is 0.0556. The average molecular weight is 258 g/mol. The first-order valence-corrected chi connectivity index (χ1v) is 6.58. The Morgan fingerprint density at radius 2 is 2.06 bits per heavy atom. The molecule has 0 spiro atoms. The van der Waals surface area contributed by atoms with Crippen LogP contribution >= 0.6 is 0 Å². The van der Waals surface area contributed by atoms with Crippen molar-refractivity contribution in [1.29, 1.82) is 0 Å². The fourth-order valence-corrected chi connectivity index (χ4v) is 1.85. The molecule has 1 amide bonds. The maximum absolute atomic E-state index is 11.9. The van der Waals surface area contributed by atoms with Gasteiger partial charge in [0.05, 0.1) is 18.7 Å². The van der Waals surface area contributed by atoms with Crippen molar-refractivity contribution in [2.75, 3.05) is 19.6 Å². The van der Waals surface area contributed by atoms with E-state index in [0.717, 1.165) is 6.54 Å². The number of hydrogen-bond acceptors (Lipinski definition) is 4. The van der Waals surface area contributed by atoms with E-state index in [2.05, 4.69) is 19.2 Å². The highest BCUT2D eigenvalue weighted by Gasteiger charge is 2.35. The van der Waals surface area contributed by atoms with Crippen LogP contribution in [0.15, 0.2) is 0 Å². The molecule has 0 aliphatic carbocycles. The highest BCUT2D eigenvalue weighted by Crippen LogP contribution is 2.16. The fourth-order valence-electron chi connectivity index (χ4n) is 1.85. The molecule has 0 aromatic carbocycles. The summed E-state index contributed by atoms with van der Waals surface area (Å²) in [6.45, 7) is 11.4. The Kier molecular flexibility index (Phi) is 4.99. The molecule has 1 fully saturated rings. The molecule has 0 saturated carbocycles. The molecule has 106 valence electrons. The molecule has 0 unspecified atom stereocenters. The minimum Gasteiger partial charge on any atom is -0.444 e. The van der Waals surface area contributed by atoms with Crippen LogP contribution in [0.3, 0.4) is 0 Å². The summed E-state index contributed by atoms with van der Waals surface area (Å²) >= 11 is 0. The number of aliphatic hydroxyl groups excluding tert-OH is 1. The van der Waals surface area contributed by atoms with E-state index in [9.17, 15) is 9.90 Å². The van der Waals surface area contributed by atoms with Gasteiger partial charge >= 0.3 is 6.09 Å². The lowest BCUT2D eigenvalue weighted by atomic mass is 10.1. The number of β-amino-alcohol motifs (C(OH)–C–C–N with tert-alkyl or cyclic N) is 1. The lowest BCUT2D eigenvalue weighted by molar-refractivity contribution is 0.0270. The Morgan fingerprint density at radius 3 is 2.56 bits per heavy atom. The molecule has 18 heavy (non-hydrogen) atoms. The Balaban J connectivity index is 2.45. The third-order valence-corrected chi connectivity index (χ3v) is 2.73. The Bertz CT molecular complexity index is 286. The number of aliphatic hydroxyl groups is 1. The quantitative estimate of drug-likeness (QED) is 0.799. The topological polar surface area (TPSA) is 61.8 Å². The van der Waals surface area contributed by atoms with Crippen molar-refractivity contribution in [3.05, 3.63) is 0 Å². The molecule has 2 N–H and O–H groups in total. The summed E-state index contributed by atoms with van der Waals surface area (Å²) in [6, 6.07) is -0.0556. The summed E-state index contributed by atoms with van der Waals surface area (Å²) in [5.74, 6) is 0.521. The Morgan fingerprint density at radius 1 is 1.44 bits per heavy atom. The van der Waals surface area contributed by atoms with Crippen molar-refractivity contribution in [2.45, 2.75) is 52.4 Å². The first kappa shape index (κ1) is 15.2. The van der Waals surface area contributed by atoms with Crippen LogP contribution in [0.2, 0.25) is 0 Å². The van der Waals surface area contributed by atoms with Crippen LogP contribution in [-0.4, -0.2) is 53.5 Å². The van der Waals surface area contributed by atoms with Crippen molar-refractivity contribution in [3.63, 3.8) is 0 Å². The molecule has 5 heteroatoms. The van der Waals surface area contributed by atoms with Crippen LogP contribution in [0.25, 0.3) is 0 Å². The summed E-state index contributed by atoms with van der Waals surface area (Å²) in [7, 11) is 0. The van der Waals surface area contributed by atoms with Gasteiger partial charge in [-0.1, -0.05) is 13.8 Å². The largest absolute Gasteiger partial charge is 0.444 e. The van der Waals surface area contributed by atoms with Gasteiger partial charge < -0.3 is 20.1 Å². The predicted molar refractivity (Wildman–Crippen MR) is 70.4 cm³/mol. The monoisotopic (exact) mass is 258 g/mol. The van der Waals surface area contributed by atoms with Crippen LogP contribution in [0.5, 0.6) is 0 Å². The number of amides is 1. The van der Waals surface area contributed by atoms with Crippen molar-refractivity contribution in [1.82, 2.24) is 10.2 Å². The molecule has 0 radical (unpaired) electrons. The van der Waals surface area contributed by atoms with Gasteiger partial charge in [0.25, 0.3) is 0 Å². The highest BCUT2D eigenvalue weighted by atomic mass is 16.6. The van der Waals surface area contributed by atoms with Crippen molar-refractivity contribution in [2.24, 2.45) is 5.92 Å². The van der Waals surface area contributed by atoms with Gasteiger partial charge in [-0.05, 0) is 33.2 Å². The molecule has 1 heterocycles. The number of carbonyl (C=O) groups is 1. The van der Waals surface area contributed by atoms with Crippen LogP contribution in [0, 0.1) is 5.92 Å². The molecule has 5 nitrogen and oxygen atoms in total. The number of rotatable bonds is 3. The summed E-state index contributed by atoms with van der Waals surface area (Å²) < 4.78 is 5.29. The molecule has 2 atom stereocenters. The molecule has 1 saturated heterocycles. The van der Waals surface area contributed by atoms with Gasteiger partial charge in [0.2, 0.25) is 0 Å². The molecular weight excluding hydrogens is 232 g/mol. The molecule has 1 aliphatic rings. The smallest absolute Gasteiger partial charge is 0.410 e. The van der Waals surface area contributed by atoms with Crippen LogP contribution < -0.4 is 5.32 Å². The minimum atomic E-state index is -0.517. The van der Waals surface area contributed by atoms with E-state index in [1.807, 2.05) is 20.8 Å². The molecule has 1 aliphatic heterocycles. The maximum atomic E-state index is 11.9. The van der Waals surface area contributed by atoms with Gasteiger partial charge in [0.1, 0.15) is 5.60 Å². The SMILES string of the molecule is CC(C)CN[C@@H]1CN(C(=O)OC(C)(C)C)C[C@H]1O. The van der Waals surface area contributed by atoms with Crippen molar-refractivity contribution >= 4 is 6.09 Å². The average Bonchev–Trinajstić information content (AvgIpc) is 2.54. The van der Waals surface area contributed by atoms with Crippen LogP contribution in [0.4, 0.5) is 4.79 Å². The fraction of sp³-hybridized carbons (Fsp3) is 0.923. The maximum Gasteiger partial charge on any atom is 0.410 e. The number of likely N-dealkylation sites (tertiary alicyclic amines) is 1. The van der Waals surface area contributed by atoms with Crippen LogP contribution in [0.1, 0.15) is 34.6 Å². The zero-order valence-corrected chi connectivity index (χ0v) is 12.1. The summed E-state index contributed by atoms with van der Waals surface area (Å²) in [4.78, 5) is 13.4. The number of nitrogens with one attached hydrogen (secondary N) is 1. The molecule has 1 rings (SSSR count). The molecule has 0 bridgehead atoms. The normalized spacial score (nSPS) is 24.7. The molecular formula is C13H26N2O3. The number of ether oxygens (including phenoxy) is 1. The summed E-state index contributed by atoms with van der Waals surface area (Å²) in [6.07, 6.45) is -0.869. The third-order valence-electron chi connectivity index (χ3n) is 2.73. The highest BCUT2D eigenvalue weighted by molar-refractivity contribution is 5.68. The van der Waals surface area contributed by atoms with Crippen LogP contribution in [-0.2, 0) is 4.74 Å². The number of carbonyl (C=O) groups excluding carboxylic acids is 1. The van der Waals surface area contributed by atoms with Gasteiger partial charge in [-0.15, -0.1) is 0 Å². The zero-order valence-electron chi connectivity index (χ0n) is 12.1. The first-order valence-electron chi connectivity index (χ1n) is 6.58. The van der Waals surface area contributed by atoms with E-state index in [0.29, 0.717) is 19.0 Å². The van der Waals surface area contributed by atoms with Gasteiger partial charge in [-0.25, -0.2) is 4.79 Å².